The number of aromatic nitrogens is 3. The van der Waals surface area contributed by atoms with E-state index in [4.69, 9.17) is 4.74 Å². The molecule has 0 aliphatic rings. The summed E-state index contributed by atoms with van der Waals surface area (Å²) in [6.45, 7) is 2.27. The van der Waals surface area contributed by atoms with Crippen molar-refractivity contribution in [3.63, 3.8) is 0 Å². The molecule has 15 heteroatoms. The molecule has 0 bridgehead atoms. The molecule has 1 amide bonds. The molecule has 2 heterocycles. The van der Waals surface area contributed by atoms with Gasteiger partial charge in [-0.3, -0.25) is 4.79 Å². The average Bonchev–Trinajstić information content (AvgIpc) is 3.28. The Hall–Kier alpha value is -4.40. The van der Waals surface area contributed by atoms with Crippen molar-refractivity contribution >= 4 is 38.3 Å². The Morgan fingerprint density at radius 1 is 1.10 bits per heavy atom. The van der Waals surface area contributed by atoms with Crippen LogP contribution in [0.15, 0.2) is 61.1 Å². The molecule has 10 nitrogen and oxygen atoms in total. The quantitative estimate of drug-likeness (QED) is 0.227. The second-order valence-electron chi connectivity index (χ2n) is 9.03. The van der Waals surface area contributed by atoms with E-state index < -0.39 is 39.8 Å². The van der Waals surface area contributed by atoms with Gasteiger partial charge in [0.15, 0.2) is 15.7 Å². The molecule has 0 spiro atoms. The monoisotopic (exact) mass is 595 g/mol. The summed E-state index contributed by atoms with van der Waals surface area (Å²) < 4.78 is 85.7. The minimum absolute atomic E-state index is 0.107. The number of anilines is 2. The van der Waals surface area contributed by atoms with E-state index in [0.717, 1.165) is 18.4 Å². The minimum atomic E-state index is -4.64. The Kier molecular flexibility index (Phi) is 8.66. The first-order valence-electron chi connectivity index (χ1n) is 12.1. The molecule has 2 aromatic carbocycles. The maximum absolute atomic E-state index is 13.3. The molecule has 4 rings (SSSR count). The molecule has 0 unspecified atom stereocenters. The van der Waals surface area contributed by atoms with Gasteiger partial charge in [0.05, 0.1) is 5.52 Å². The van der Waals surface area contributed by atoms with Gasteiger partial charge in [0.25, 0.3) is 0 Å². The SMILES string of the molecule is Cc1cc(Nc2ncnc3ccn(CCNC(=O)CS(C)(=O)=O)c23)ccc1Oc1cccc(OC(F)(F)C(F)F)c1. The standard InChI is InChI=1S/C26H25F4N5O5S/c1-16-12-17(6-7-21(16)39-18-4-3-5-19(13-18)40-26(29,30)25(27)28)34-24-23-20(32-15-33-24)8-10-35(23)11-9-31-22(36)14-41(2,37)38/h3-8,10,12-13,15,25H,9,11,14H2,1-2H3,(H,31,36)(H,32,33,34). The highest BCUT2D eigenvalue weighted by atomic mass is 32.2. The molecule has 0 fully saturated rings. The van der Waals surface area contributed by atoms with Crippen LogP contribution in [0.4, 0.5) is 29.1 Å². The number of rotatable bonds is 12. The Morgan fingerprint density at radius 3 is 2.56 bits per heavy atom. The van der Waals surface area contributed by atoms with Crippen molar-refractivity contribution in [2.45, 2.75) is 26.0 Å². The van der Waals surface area contributed by atoms with Crippen LogP contribution in [0.2, 0.25) is 0 Å². The third kappa shape index (κ3) is 7.84. The summed E-state index contributed by atoms with van der Waals surface area (Å²) in [6, 6.07) is 11.9. The third-order valence-corrected chi connectivity index (χ3v) is 6.38. The minimum Gasteiger partial charge on any atom is -0.457 e. The number of hydrogen-bond donors (Lipinski definition) is 2. The van der Waals surface area contributed by atoms with Crippen LogP contribution >= 0.6 is 0 Å². The second-order valence-corrected chi connectivity index (χ2v) is 11.2. The zero-order valence-corrected chi connectivity index (χ0v) is 22.6. The number of ether oxygens (including phenoxy) is 2. The lowest BCUT2D eigenvalue weighted by molar-refractivity contribution is -0.253. The zero-order chi connectivity index (χ0) is 29.8. The van der Waals surface area contributed by atoms with Gasteiger partial charge in [-0.15, -0.1) is 0 Å². The first-order chi connectivity index (χ1) is 19.3. The van der Waals surface area contributed by atoms with E-state index in [0.29, 0.717) is 40.4 Å². The Labute approximate surface area is 232 Å². The fourth-order valence-electron chi connectivity index (χ4n) is 3.82. The van der Waals surface area contributed by atoms with Crippen molar-refractivity contribution in [1.82, 2.24) is 19.9 Å². The summed E-state index contributed by atoms with van der Waals surface area (Å²) in [5.41, 5.74) is 2.59. The second kappa shape index (κ2) is 12.0. The molecular formula is C26H25F4N5O5S. The number of carbonyl (C=O) groups is 1. The Balaban J connectivity index is 1.46. The lowest BCUT2D eigenvalue weighted by Crippen LogP contribution is -2.33. The Bertz CT molecular complexity index is 1660. The van der Waals surface area contributed by atoms with Crippen LogP contribution in [0.1, 0.15) is 5.56 Å². The molecule has 0 aliphatic carbocycles. The van der Waals surface area contributed by atoms with Crippen molar-refractivity contribution in [1.29, 1.82) is 0 Å². The van der Waals surface area contributed by atoms with Gasteiger partial charge in [-0.05, 0) is 48.9 Å². The van der Waals surface area contributed by atoms with E-state index in [1.807, 2.05) is 4.57 Å². The van der Waals surface area contributed by atoms with Gasteiger partial charge in [0.1, 0.15) is 34.8 Å². The smallest absolute Gasteiger partial charge is 0.457 e. The van der Waals surface area contributed by atoms with E-state index in [1.165, 1.54) is 18.5 Å². The van der Waals surface area contributed by atoms with Crippen LogP contribution in [-0.4, -0.2) is 59.9 Å². The fourth-order valence-corrected chi connectivity index (χ4v) is 4.40. The van der Waals surface area contributed by atoms with Gasteiger partial charge in [-0.2, -0.15) is 17.6 Å². The number of halogens is 4. The fraction of sp³-hybridized carbons (Fsp3) is 0.269. The van der Waals surface area contributed by atoms with E-state index in [2.05, 4.69) is 25.3 Å². The predicted molar refractivity (Wildman–Crippen MR) is 143 cm³/mol. The molecule has 2 aromatic heterocycles. The van der Waals surface area contributed by atoms with Crippen LogP contribution in [0, 0.1) is 6.92 Å². The van der Waals surface area contributed by atoms with Crippen LogP contribution in [0.3, 0.4) is 0 Å². The Morgan fingerprint density at radius 2 is 1.85 bits per heavy atom. The molecule has 0 saturated carbocycles. The van der Waals surface area contributed by atoms with Crippen molar-refractivity contribution in [3.05, 3.63) is 66.6 Å². The zero-order valence-electron chi connectivity index (χ0n) is 21.8. The molecule has 2 N–H and O–H groups in total. The molecule has 0 atom stereocenters. The van der Waals surface area contributed by atoms with E-state index in [1.54, 1.807) is 37.4 Å². The maximum Gasteiger partial charge on any atom is 0.461 e. The van der Waals surface area contributed by atoms with Crippen LogP contribution in [0.5, 0.6) is 17.2 Å². The van der Waals surface area contributed by atoms with Crippen molar-refractivity contribution in [2.24, 2.45) is 0 Å². The largest absolute Gasteiger partial charge is 0.461 e. The van der Waals surface area contributed by atoms with Gasteiger partial charge in [0, 0.05) is 37.3 Å². The number of carbonyl (C=O) groups excluding carboxylic acids is 1. The summed E-state index contributed by atoms with van der Waals surface area (Å²) in [4.78, 5) is 20.4. The average molecular weight is 596 g/mol. The normalized spacial score (nSPS) is 12.0. The van der Waals surface area contributed by atoms with Crippen molar-refractivity contribution in [2.75, 3.05) is 23.9 Å². The predicted octanol–water partition coefficient (Wildman–Crippen LogP) is 4.67. The van der Waals surface area contributed by atoms with Gasteiger partial charge in [0.2, 0.25) is 5.91 Å². The van der Waals surface area contributed by atoms with Crippen LogP contribution in [0.25, 0.3) is 11.0 Å². The summed E-state index contributed by atoms with van der Waals surface area (Å²) in [6.07, 6.45) is -4.48. The number of sulfone groups is 1. The number of hydrogen-bond acceptors (Lipinski definition) is 8. The highest BCUT2D eigenvalue weighted by molar-refractivity contribution is 7.91. The molecule has 4 aromatic rings. The third-order valence-electron chi connectivity index (χ3n) is 5.60. The first kappa shape index (κ1) is 29.6. The lowest BCUT2D eigenvalue weighted by atomic mass is 10.2. The summed E-state index contributed by atoms with van der Waals surface area (Å²) >= 11 is 0. The topological polar surface area (TPSA) is 124 Å². The number of nitrogens with zero attached hydrogens (tertiary/aromatic N) is 3. The van der Waals surface area contributed by atoms with Crippen molar-refractivity contribution in [3.8, 4) is 17.2 Å². The first-order valence-corrected chi connectivity index (χ1v) is 14.1. The van der Waals surface area contributed by atoms with E-state index in [9.17, 15) is 30.8 Å². The van der Waals surface area contributed by atoms with E-state index in [-0.39, 0.29) is 12.3 Å². The number of aryl methyl sites for hydroxylation is 1. The highest BCUT2D eigenvalue weighted by Gasteiger charge is 2.44. The summed E-state index contributed by atoms with van der Waals surface area (Å²) in [5.74, 6) is -0.705. The molecular weight excluding hydrogens is 570 g/mol. The van der Waals surface area contributed by atoms with Gasteiger partial charge in [-0.1, -0.05) is 6.07 Å². The number of nitrogens with one attached hydrogen (secondary N) is 2. The highest BCUT2D eigenvalue weighted by Crippen LogP contribution is 2.33. The molecule has 0 saturated heterocycles. The maximum atomic E-state index is 13.3. The van der Waals surface area contributed by atoms with Crippen LogP contribution in [-0.2, 0) is 21.2 Å². The molecule has 41 heavy (non-hydrogen) atoms. The summed E-state index contributed by atoms with van der Waals surface area (Å²) in [5, 5.41) is 5.78. The molecule has 0 radical (unpaired) electrons. The molecule has 0 aliphatic heterocycles. The van der Waals surface area contributed by atoms with Gasteiger partial charge in [-0.25, -0.2) is 18.4 Å². The van der Waals surface area contributed by atoms with Crippen LogP contribution < -0.4 is 20.1 Å². The summed E-state index contributed by atoms with van der Waals surface area (Å²) in [7, 11) is -3.44. The molecule has 218 valence electrons. The van der Waals surface area contributed by atoms with Crippen molar-refractivity contribution < 1.29 is 40.2 Å². The number of fused-ring (bicyclic) bond motifs is 1. The number of amides is 1. The van der Waals surface area contributed by atoms with Gasteiger partial charge >= 0.3 is 12.5 Å². The van der Waals surface area contributed by atoms with E-state index >= 15 is 0 Å². The van der Waals surface area contributed by atoms with Gasteiger partial charge < -0.3 is 24.7 Å². The number of benzene rings is 2. The number of alkyl halides is 4. The lowest BCUT2D eigenvalue weighted by Gasteiger charge is -2.17.